The summed E-state index contributed by atoms with van der Waals surface area (Å²) in [5.74, 6) is 2.20. The van der Waals surface area contributed by atoms with E-state index in [0.717, 1.165) is 46.5 Å². The smallest absolute Gasteiger partial charge is 0.258 e. The molecule has 0 aliphatic rings. The van der Waals surface area contributed by atoms with Gasteiger partial charge in [-0.3, -0.25) is 4.79 Å². The predicted molar refractivity (Wildman–Crippen MR) is 129 cm³/mol. The number of benzene rings is 2. The fourth-order valence-electron chi connectivity index (χ4n) is 3.74. The first-order valence-electron chi connectivity index (χ1n) is 10.6. The topological polar surface area (TPSA) is 81.2 Å². The lowest BCUT2D eigenvalue weighted by molar-refractivity contribution is -0.123. The Morgan fingerprint density at radius 1 is 1.22 bits per heavy atom. The Labute approximate surface area is 191 Å². The van der Waals surface area contributed by atoms with Crippen molar-refractivity contribution in [3.63, 3.8) is 0 Å². The van der Waals surface area contributed by atoms with Crippen LogP contribution < -0.4 is 10.1 Å². The van der Waals surface area contributed by atoms with E-state index in [-0.39, 0.29) is 18.6 Å². The lowest BCUT2D eigenvalue weighted by atomic mass is 10.2. The van der Waals surface area contributed by atoms with Gasteiger partial charge in [-0.05, 0) is 48.8 Å². The van der Waals surface area contributed by atoms with Crippen molar-refractivity contribution >= 4 is 39.6 Å². The molecule has 0 saturated heterocycles. The van der Waals surface area contributed by atoms with Crippen LogP contribution in [0.2, 0.25) is 0 Å². The normalized spacial score (nSPS) is 12.3. The number of fused-ring (bicyclic) bond motifs is 2. The van der Waals surface area contributed by atoms with Crippen LogP contribution in [0.4, 0.5) is 0 Å². The first-order valence-corrected chi connectivity index (χ1v) is 12.0. The number of para-hydroxylation sites is 2. The first kappa shape index (κ1) is 22.2. The van der Waals surface area contributed by atoms with Crippen molar-refractivity contribution in [1.29, 1.82) is 0 Å². The first-order chi connectivity index (χ1) is 15.7. The average molecular weight is 453 g/mol. The molecule has 0 bridgehead atoms. The monoisotopic (exact) mass is 452 g/mol. The fourth-order valence-corrected chi connectivity index (χ4v) is 4.21. The molecule has 0 aliphatic carbocycles. The van der Waals surface area contributed by atoms with E-state index in [1.54, 1.807) is 18.9 Å². The molecule has 2 heterocycles. The number of methoxy groups -OCH3 is 1. The number of carbonyl (C=O) groups excluding carboxylic acids is 1. The Kier molecular flexibility index (Phi) is 7.34. The summed E-state index contributed by atoms with van der Waals surface area (Å²) in [6.45, 7) is 1.34. The number of aromatic amines is 1. The van der Waals surface area contributed by atoms with Gasteiger partial charge in [0.1, 0.15) is 11.6 Å². The minimum Gasteiger partial charge on any atom is -0.483 e. The fraction of sp³-hybridized carbons (Fsp3) is 0.333. The van der Waals surface area contributed by atoms with Crippen LogP contribution in [0, 0.1) is 0 Å². The zero-order chi connectivity index (χ0) is 22.3. The molecular weight excluding hydrogens is 424 g/mol. The minimum atomic E-state index is -0.197. The van der Waals surface area contributed by atoms with E-state index in [0.29, 0.717) is 12.4 Å². The molecule has 0 fully saturated rings. The summed E-state index contributed by atoms with van der Waals surface area (Å²) in [7, 11) is 1.69. The lowest BCUT2D eigenvalue weighted by Crippen LogP contribution is -2.33. The van der Waals surface area contributed by atoms with Crippen molar-refractivity contribution in [2.75, 3.05) is 32.3 Å². The summed E-state index contributed by atoms with van der Waals surface area (Å²) < 4.78 is 13.2. The molecule has 1 atom stereocenters. The number of hydrogen-bond acceptors (Lipinski definition) is 5. The van der Waals surface area contributed by atoms with Gasteiger partial charge in [0, 0.05) is 25.2 Å². The van der Waals surface area contributed by atoms with E-state index >= 15 is 0 Å². The second-order valence-corrected chi connectivity index (χ2v) is 8.51. The summed E-state index contributed by atoms with van der Waals surface area (Å²) in [5.41, 5.74) is 2.92. The van der Waals surface area contributed by atoms with Gasteiger partial charge in [0.25, 0.3) is 5.91 Å². The molecule has 2 aromatic carbocycles. The van der Waals surface area contributed by atoms with Crippen LogP contribution in [0.1, 0.15) is 18.3 Å². The highest BCUT2D eigenvalue weighted by Gasteiger charge is 2.19. The number of aromatic nitrogens is 3. The van der Waals surface area contributed by atoms with Crippen LogP contribution in [-0.2, 0) is 16.1 Å². The van der Waals surface area contributed by atoms with Gasteiger partial charge < -0.3 is 24.3 Å². The zero-order valence-electron chi connectivity index (χ0n) is 18.3. The molecule has 168 valence electrons. The van der Waals surface area contributed by atoms with Gasteiger partial charge in [0.2, 0.25) is 0 Å². The second kappa shape index (κ2) is 10.6. The molecule has 8 heteroatoms. The molecule has 2 aromatic heterocycles. The third-order valence-electron chi connectivity index (χ3n) is 5.35. The Balaban J connectivity index is 1.44. The van der Waals surface area contributed by atoms with E-state index in [4.69, 9.17) is 9.47 Å². The summed E-state index contributed by atoms with van der Waals surface area (Å²) in [5, 5.41) is 4.07. The molecule has 7 nitrogen and oxygen atoms in total. The number of carbonyl (C=O) groups is 1. The molecule has 0 radical (unpaired) electrons. The highest BCUT2D eigenvalue weighted by molar-refractivity contribution is 7.98. The van der Waals surface area contributed by atoms with Crippen molar-refractivity contribution in [2.45, 2.75) is 19.0 Å². The van der Waals surface area contributed by atoms with Gasteiger partial charge in [-0.2, -0.15) is 11.8 Å². The summed E-state index contributed by atoms with van der Waals surface area (Å²) in [6.07, 6.45) is 4.85. The number of ether oxygens (including phenoxy) is 2. The maximum atomic E-state index is 12.8. The van der Waals surface area contributed by atoms with Crippen LogP contribution in [0.15, 0.2) is 54.7 Å². The quantitative estimate of drug-likeness (QED) is 0.357. The number of H-pyrrole nitrogens is 1. The van der Waals surface area contributed by atoms with E-state index in [9.17, 15) is 4.79 Å². The molecule has 4 rings (SSSR count). The standard InChI is InChI=1S/C24H28N4O3S/c1-30-14-13-28-12-10-17-21(28)8-5-9-22(17)31-16-23(29)25-20(11-15-32-2)24-26-18-6-3-4-7-19(18)27-24/h3-10,12,20H,11,13-16H2,1-2H3,(H,25,29)(H,26,27)/t20-/m0/s1. The lowest BCUT2D eigenvalue weighted by Gasteiger charge is -2.17. The number of hydrogen-bond donors (Lipinski definition) is 2. The molecule has 0 spiro atoms. The summed E-state index contributed by atoms with van der Waals surface area (Å²) in [4.78, 5) is 20.8. The van der Waals surface area contributed by atoms with E-state index < -0.39 is 0 Å². The van der Waals surface area contributed by atoms with E-state index in [2.05, 4.69) is 26.1 Å². The van der Waals surface area contributed by atoms with Crippen molar-refractivity contribution in [3.8, 4) is 5.75 Å². The third kappa shape index (κ3) is 5.08. The van der Waals surface area contributed by atoms with Crippen molar-refractivity contribution in [1.82, 2.24) is 19.9 Å². The molecule has 0 aliphatic heterocycles. The molecule has 32 heavy (non-hydrogen) atoms. The van der Waals surface area contributed by atoms with E-state index in [1.807, 2.05) is 54.7 Å². The van der Waals surface area contributed by atoms with Crippen molar-refractivity contribution in [2.24, 2.45) is 0 Å². The average Bonchev–Trinajstić information content (AvgIpc) is 3.43. The van der Waals surface area contributed by atoms with Crippen LogP contribution in [-0.4, -0.2) is 52.8 Å². The zero-order valence-corrected chi connectivity index (χ0v) is 19.2. The number of amides is 1. The summed E-state index contributed by atoms with van der Waals surface area (Å²) >= 11 is 1.74. The van der Waals surface area contributed by atoms with Crippen LogP contribution in [0.25, 0.3) is 21.9 Å². The van der Waals surface area contributed by atoms with Gasteiger partial charge in [-0.15, -0.1) is 0 Å². The van der Waals surface area contributed by atoms with Crippen LogP contribution >= 0.6 is 11.8 Å². The second-order valence-electron chi connectivity index (χ2n) is 7.52. The Morgan fingerprint density at radius 3 is 2.91 bits per heavy atom. The van der Waals surface area contributed by atoms with Gasteiger partial charge in [-0.25, -0.2) is 4.98 Å². The highest BCUT2D eigenvalue weighted by atomic mass is 32.2. The third-order valence-corrected chi connectivity index (χ3v) is 6.00. The van der Waals surface area contributed by atoms with Gasteiger partial charge in [0.15, 0.2) is 6.61 Å². The largest absolute Gasteiger partial charge is 0.483 e. The number of rotatable bonds is 11. The number of thioether (sulfide) groups is 1. The SMILES string of the molecule is COCCn1ccc2c(OCC(=O)N[C@@H](CCSC)c3nc4ccccc4[nH]3)cccc21. The van der Waals surface area contributed by atoms with E-state index in [1.165, 1.54) is 0 Å². The minimum absolute atomic E-state index is 0.0572. The van der Waals surface area contributed by atoms with Crippen LogP contribution in [0.5, 0.6) is 5.75 Å². The van der Waals surface area contributed by atoms with Gasteiger partial charge >= 0.3 is 0 Å². The molecule has 0 unspecified atom stereocenters. The molecule has 0 saturated carbocycles. The Bertz CT molecular complexity index is 1150. The molecule has 2 N–H and O–H groups in total. The number of nitrogens with one attached hydrogen (secondary N) is 2. The Morgan fingerprint density at radius 2 is 2.09 bits per heavy atom. The predicted octanol–water partition coefficient (Wildman–Crippen LogP) is 4.15. The number of nitrogens with zero attached hydrogens (tertiary/aromatic N) is 2. The molecule has 1 amide bonds. The highest BCUT2D eigenvalue weighted by Crippen LogP contribution is 2.27. The van der Waals surface area contributed by atoms with Crippen LogP contribution in [0.3, 0.4) is 0 Å². The van der Waals surface area contributed by atoms with Crippen molar-refractivity contribution < 1.29 is 14.3 Å². The van der Waals surface area contributed by atoms with Gasteiger partial charge in [0.05, 0.1) is 29.2 Å². The number of imidazole rings is 1. The molecular formula is C24H28N4O3S. The maximum absolute atomic E-state index is 12.8. The maximum Gasteiger partial charge on any atom is 0.258 e. The van der Waals surface area contributed by atoms with Crippen molar-refractivity contribution in [3.05, 3.63) is 60.6 Å². The van der Waals surface area contributed by atoms with Gasteiger partial charge in [-0.1, -0.05) is 18.2 Å². The Hall–Kier alpha value is -2.97. The molecule has 4 aromatic rings. The summed E-state index contributed by atoms with van der Waals surface area (Å²) in [6, 6.07) is 15.6.